The molecule has 88 valence electrons. The van der Waals surface area contributed by atoms with Crippen LogP contribution in [0.5, 0.6) is 0 Å². The molecule has 0 fully saturated rings. The van der Waals surface area contributed by atoms with Gasteiger partial charge in [-0.1, -0.05) is 59.2 Å². The molecule has 0 aliphatic rings. The Morgan fingerprint density at radius 2 is 1.81 bits per heavy atom. The fourth-order valence-corrected chi connectivity index (χ4v) is 2.24. The van der Waals surface area contributed by atoms with Gasteiger partial charge in [-0.25, -0.2) is 0 Å². The Balaban J connectivity index is 2.79. The maximum absolute atomic E-state index is 3.56. The molecule has 0 unspecified atom stereocenters. The molecule has 0 saturated heterocycles. The number of benzene rings is 1. The van der Waals surface area contributed by atoms with Gasteiger partial charge in [0.05, 0.1) is 0 Å². The van der Waals surface area contributed by atoms with Gasteiger partial charge in [-0.3, -0.25) is 0 Å². The fraction of sp³-hybridized carbons (Fsp3) is 0.429. The first kappa shape index (κ1) is 13.9. The van der Waals surface area contributed by atoms with E-state index >= 15 is 0 Å². The van der Waals surface area contributed by atoms with E-state index in [0.29, 0.717) is 0 Å². The van der Waals surface area contributed by atoms with Gasteiger partial charge in [0.2, 0.25) is 0 Å². The molecule has 0 amide bonds. The molecule has 0 spiro atoms. The van der Waals surface area contributed by atoms with Crippen LogP contribution in [0, 0.1) is 0 Å². The quantitative estimate of drug-likeness (QED) is 0.531. The Morgan fingerprint density at radius 3 is 2.25 bits per heavy atom. The van der Waals surface area contributed by atoms with E-state index in [4.69, 9.17) is 0 Å². The highest BCUT2D eigenvalue weighted by molar-refractivity contribution is 9.09. The maximum atomic E-state index is 3.56. The second kappa shape index (κ2) is 5.92. The number of alkyl halides is 1. The monoisotopic (exact) mass is 298 g/mol. The standard InChI is InChI=1S/C14H19BrS/c1-11(2)9-16-13-7-5-12(6-8-13)14(3,4)10-15/h5-9H,10H2,1-4H3. The van der Waals surface area contributed by atoms with Gasteiger partial charge < -0.3 is 0 Å². The Kier molecular flexibility index (Phi) is 5.13. The molecular weight excluding hydrogens is 280 g/mol. The predicted molar refractivity (Wildman–Crippen MR) is 78.6 cm³/mol. The molecule has 1 aromatic rings. The van der Waals surface area contributed by atoms with E-state index in [0.717, 1.165) is 5.33 Å². The summed E-state index contributed by atoms with van der Waals surface area (Å²) >= 11 is 5.34. The van der Waals surface area contributed by atoms with Crippen molar-refractivity contribution in [1.82, 2.24) is 0 Å². The lowest BCUT2D eigenvalue weighted by molar-refractivity contribution is 0.606. The van der Waals surface area contributed by atoms with Gasteiger partial charge in [-0.15, -0.1) is 0 Å². The zero-order chi connectivity index (χ0) is 12.2. The van der Waals surface area contributed by atoms with E-state index in [-0.39, 0.29) is 5.41 Å². The van der Waals surface area contributed by atoms with Crippen molar-refractivity contribution in [3.8, 4) is 0 Å². The van der Waals surface area contributed by atoms with Crippen LogP contribution >= 0.6 is 27.7 Å². The number of hydrogen-bond acceptors (Lipinski definition) is 1. The summed E-state index contributed by atoms with van der Waals surface area (Å²) in [7, 11) is 0. The van der Waals surface area contributed by atoms with E-state index in [1.54, 1.807) is 11.8 Å². The van der Waals surface area contributed by atoms with Crippen LogP contribution in [0.4, 0.5) is 0 Å². The lowest BCUT2D eigenvalue weighted by Crippen LogP contribution is -2.18. The van der Waals surface area contributed by atoms with Crippen molar-refractivity contribution in [2.75, 3.05) is 5.33 Å². The molecule has 0 atom stereocenters. The lowest BCUT2D eigenvalue weighted by Gasteiger charge is -2.22. The molecule has 0 N–H and O–H groups in total. The molecular formula is C14H19BrS. The lowest BCUT2D eigenvalue weighted by atomic mass is 9.87. The fourth-order valence-electron chi connectivity index (χ4n) is 1.25. The highest BCUT2D eigenvalue weighted by atomic mass is 79.9. The molecule has 0 aromatic heterocycles. The highest BCUT2D eigenvalue weighted by Crippen LogP contribution is 2.28. The minimum atomic E-state index is 0.208. The summed E-state index contributed by atoms with van der Waals surface area (Å²) in [5.74, 6) is 0. The molecule has 1 rings (SSSR count). The molecule has 0 saturated carbocycles. The first-order valence-electron chi connectivity index (χ1n) is 5.42. The molecule has 2 heteroatoms. The Bertz CT molecular complexity index is 359. The first-order chi connectivity index (χ1) is 7.45. The first-order valence-corrected chi connectivity index (χ1v) is 7.42. The predicted octanol–water partition coefficient (Wildman–Crippen LogP) is 5.37. The van der Waals surface area contributed by atoms with Crippen LogP contribution in [0.15, 0.2) is 40.1 Å². The van der Waals surface area contributed by atoms with Gasteiger partial charge in [0.1, 0.15) is 0 Å². The number of halogens is 1. The van der Waals surface area contributed by atoms with Gasteiger partial charge in [0.15, 0.2) is 0 Å². The van der Waals surface area contributed by atoms with Crippen molar-refractivity contribution in [2.45, 2.75) is 38.0 Å². The smallest absolute Gasteiger partial charge is 0.0123 e. The van der Waals surface area contributed by atoms with Crippen molar-refractivity contribution in [3.05, 3.63) is 40.8 Å². The third-order valence-electron chi connectivity index (χ3n) is 2.40. The molecule has 16 heavy (non-hydrogen) atoms. The summed E-state index contributed by atoms with van der Waals surface area (Å²) < 4.78 is 0. The molecule has 0 heterocycles. The normalized spacial score (nSPS) is 11.3. The van der Waals surface area contributed by atoms with Gasteiger partial charge in [-0.05, 0) is 42.4 Å². The molecule has 0 radical (unpaired) electrons. The largest absolute Gasteiger partial charge is 0.0981 e. The van der Waals surface area contributed by atoms with Crippen LogP contribution in [-0.4, -0.2) is 5.33 Å². The van der Waals surface area contributed by atoms with Gasteiger partial charge >= 0.3 is 0 Å². The second-order valence-corrected chi connectivity index (χ2v) is 6.36. The summed E-state index contributed by atoms with van der Waals surface area (Å²) in [5, 5.41) is 3.17. The van der Waals surface area contributed by atoms with Crippen LogP contribution in [0.2, 0.25) is 0 Å². The number of thioether (sulfide) groups is 1. The second-order valence-electron chi connectivity index (χ2n) is 4.85. The van der Waals surface area contributed by atoms with E-state index < -0.39 is 0 Å². The van der Waals surface area contributed by atoms with Crippen molar-refractivity contribution in [2.24, 2.45) is 0 Å². The summed E-state index contributed by atoms with van der Waals surface area (Å²) in [6.45, 7) is 8.74. The molecule has 0 bridgehead atoms. The minimum Gasteiger partial charge on any atom is -0.0981 e. The number of rotatable bonds is 4. The summed E-state index contributed by atoms with van der Waals surface area (Å²) in [4.78, 5) is 1.30. The number of hydrogen-bond donors (Lipinski definition) is 0. The molecule has 0 aliphatic carbocycles. The summed E-state index contributed by atoms with van der Waals surface area (Å²) in [6.07, 6.45) is 0. The van der Waals surface area contributed by atoms with Crippen LogP contribution in [0.1, 0.15) is 33.3 Å². The van der Waals surface area contributed by atoms with Gasteiger partial charge in [0, 0.05) is 10.2 Å². The van der Waals surface area contributed by atoms with E-state index in [2.05, 4.69) is 73.3 Å². The maximum Gasteiger partial charge on any atom is 0.0123 e. The Labute approximate surface area is 112 Å². The van der Waals surface area contributed by atoms with E-state index in [9.17, 15) is 0 Å². The van der Waals surface area contributed by atoms with Crippen LogP contribution < -0.4 is 0 Å². The molecule has 0 nitrogen and oxygen atoms in total. The average Bonchev–Trinajstić information content (AvgIpc) is 2.27. The topological polar surface area (TPSA) is 0 Å². The Hall–Kier alpha value is -0.210. The van der Waals surface area contributed by atoms with E-state index in [1.165, 1.54) is 16.0 Å². The highest BCUT2D eigenvalue weighted by Gasteiger charge is 2.18. The zero-order valence-electron chi connectivity index (χ0n) is 10.4. The molecule has 0 aliphatic heterocycles. The SMILES string of the molecule is CC(C)=CSc1ccc(C(C)(C)CBr)cc1. The van der Waals surface area contributed by atoms with Crippen molar-refractivity contribution in [1.29, 1.82) is 0 Å². The third-order valence-corrected chi connectivity index (χ3v) is 4.94. The molecule has 1 aromatic carbocycles. The van der Waals surface area contributed by atoms with Gasteiger partial charge in [0.25, 0.3) is 0 Å². The third kappa shape index (κ3) is 3.99. The van der Waals surface area contributed by atoms with Crippen molar-refractivity contribution < 1.29 is 0 Å². The van der Waals surface area contributed by atoms with Crippen molar-refractivity contribution in [3.63, 3.8) is 0 Å². The summed E-state index contributed by atoms with van der Waals surface area (Å²) in [6, 6.07) is 8.85. The minimum absolute atomic E-state index is 0.208. The van der Waals surface area contributed by atoms with Gasteiger partial charge in [-0.2, -0.15) is 0 Å². The zero-order valence-corrected chi connectivity index (χ0v) is 12.8. The van der Waals surface area contributed by atoms with Crippen LogP contribution in [-0.2, 0) is 5.41 Å². The average molecular weight is 299 g/mol. The summed E-state index contributed by atoms with van der Waals surface area (Å²) in [5.41, 5.74) is 2.93. The Morgan fingerprint density at radius 1 is 1.25 bits per heavy atom. The van der Waals surface area contributed by atoms with Crippen LogP contribution in [0.3, 0.4) is 0 Å². The van der Waals surface area contributed by atoms with E-state index in [1.807, 2.05) is 0 Å². The van der Waals surface area contributed by atoms with Crippen LogP contribution in [0.25, 0.3) is 0 Å². The van der Waals surface area contributed by atoms with Crippen molar-refractivity contribution >= 4 is 27.7 Å². The number of allylic oxidation sites excluding steroid dienone is 1.